The number of carboxylic acid groups (broad SMARTS) is 1. The summed E-state index contributed by atoms with van der Waals surface area (Å²) in [7, 11) is 1.90. The normalized spacial score (nSPS) is 21.8. The van der Waals surface area contributed by atoms with Crippen molar-refractivity contribution in [2.24, 2.45) is 11.8 Å². The van der Waals surface area contributed by atoms with Crippen LogP contribution in [0.25, 0.3) is 16.6 Å². The molecule has 34 heavy (non-hydrogen) atoms. The highest BCUT2D eigenvalue weighted by Crippen LogP contribution is 2.37. The van der Waals surface area contributed by atoms with E-state index in [1.54, 1.807) is 0 Å². The fourth-order valence-electron chi connectivity index (χ4n) is 5.19. The first-order valence-corrected chi connectivity index (χ1v) is 10.9. The SMILES string of the molecule is CNC1CC=CC2CN(c3cc4c(cc3F)c(=O)c(C(=O)O)cn4-c3ccc(F)cc3F)CC21. The molecule has 0 radical (unpaired) electrons. The summed E-state index contributed by atoms with van der Waals surface area (Å²) in [6.07, 6.45) is 6.13. The Morgan fingerprint density at radius 3 is 2.56 bits per heavy atom. The quantitative estimate of drug-likeness (QED) is 0.570. The van der Waals surface area contributed by atoms with Gasteiger partial charge in [-0.25, -0.2) is 18.0 Å². The number of nitrogens with one attached hydrogen (secondary N) is 1. The Bertz CT molecular complexity index is 1400. The Morgan fingerprint density at radius 2 is 1.85 bits per heavy atom. The Hall–Kier alpha value is -3.59. The molecule has 1 aromatic heterocycles. The van der Waals surface area contributed by atoms with Gasteiger partial charge in [0.1, 0.15) is 23.0 Å². The van der Waals surface area contributed by atoms with E-state index in [2.05, 4.69) is 17.5 Å². The molecule has 176 valence electrons. The number of carbonyl (C=O) groups is 1. The van der Waals surface area contributed by atoms with Gasteiger partial charge in [0.25, 0.3) is 0 Å². The lowest BCUT2D eigenvalue weighted by Gasteiger charge is -2.28. The molecular formula is C25H22F3N3O3. The van der Waals surface area contributed by atoms with Crippen LogP contribution in [0.4, 0.5) is 18.9 Å². The molecule has 5 rings (SSSR count). The smallest absolute Gasteiger partial charge is 0.341 e. The number of hydrogen-bond acceptors (Lipinski definition) is 4. The Balaban J connectivity index is 1.70. The maximum atomic E-state index is 15.3. The summed E-state index contributed by atoms with van der Waals surface area (Å²) in [6, 6.07) is 5.55. The number of rotatable bonds is 4. The van der Waals surface area contributed by atoms with Gasteiger partial charge in [-0.05, 0) is 43.7 Å². The Kier molecular flexibility index (Phi) is 5.44. The van der Waals surface area contributed by atoms with E-state index in [9.17, 15) is 23.5 Å². The van der Waals surface area contributed by atoms with Crippen LogP contribution < -0.4 is 15.6 Å². The summed E-state index contributed by atoms with van der Waals surface area (Å²) in [4.78, 5) is 26.4. The van der Waals surface area contributed by atoms with Crippen LogP contribution in [0.15, 0.2) is 53.5 Å². The molecule has 3 aromatic rings. The van der Waals surface area contributed by atoms with Crippen molar-refractivity contribution in [2.45, 2.75) is 12.5 Å². The zero-order valence-electron chi connectivity index (χ0n) is 18.3. The predicted octanol–water partition coefficient (Wildman–Crippen LogP) is 3.71. The third kappa shape index (κ3) is 3.56. The predicted molar refractivity (Wildman–Crippen MR) is 122 cm³/mol. The van der Waals surface area contributed by atoms with E-state index in [1.165, 1.54) is 6.07 Å². The molecule has 0 spiro atoms. The van der Waals surface area contributed by atoms with Crippen molar-refractivity contribution in [1.82, 2.24) is 9.88 Å². The number of aromatic nitrogens is 1. The van der Waals surface area contributed by atoms with Crippen molar-refractivity contribution >= 4 is 22.6 Å². The first kappa shape index (κ1) is 22.2. The molecule has 1 aliphatic carbocycles. The third-order valence-corrected chi connectivity index (χ3v) is 6.89. The first-order chi connectivity index (χ1) is 16.3. The van der Waals surface area contributed by atoms with Crippen LogP contribution in [0.1, 0.15) is 16.8 Å². The molecule has 2 N–H and O–H groups in total. The van der Waals surface area contributed by atoms with Gasteiger partial charge in [0, 0.05) is 42.7 Å². The molecule has 0 amide bonds. The molecule has 2 aliphatic rings. The van der Waals surface area contributed by atoms with Gasteiger partial charge in [0.05, 0.1) is 16.9 Å². The lowest BCUT2D eigenvalue weighted by molar-refractivity contribution is 0.0695. The van der Waals surface area contributed by atoms with E-state index in [0.29, 0.717) is 19.2 Å². The molecule has 2 aromatic carbocycles. The minimum absolute atomic E-state index is 0.132. The molecule has 2 heterocycles. The van der Waals surface area contributed by atoms with Gasteiger partial charge in [-0.15, -0.1) is 0 Å². The van der Waals surface area contributed by atoms with Gasteiger partial charge >= 0.3 is 5.97 Å². The van der Waals surface area contributed by atoms with Gasteiger partial charge in [-0.1, -0.05) is 12.2 Å². The van der Waals surface area contributed by atoms with Crippen molar-refractivity contribution in [2.75, 3.05) is 25.0 Å². The van der Waals surface area contributed by atoms with Crippen LogP contribution in [0, 0.1) is 29.3 Å². The molecule has 9 heteroatoms. The number of nitrogens with zero attached hydrogens (tertiary/aromatic N) is 2. The van der Waals surface area contributed by atoms with Crippen molar-refractivity contribution in [3.05, 3.63) is 81.9 Å². The van der Waals surface area contributed by atoms with Crippen LogP contribution in [0.5, 0.6) is 0 Å². The van der Waals surface area contributed by atoms with E-state index in [1.807, 2.05) is 11.9 Å². The lowest BCUT2D eigenvalue weighted by atomic mass is 9.83. The second-order valence-corrected chi connectivity index (χ2v) is 8.76. The lowest BCUT2D eigenvalue weighted by Crippen LogP contribution is -2.39. The topological polar surface area (TPSA) is 74.6 Å². The molecule has 1 aliphatic heterocycles. The van der Waals surface area contributed by atoms with Gasteiger partial charge < -0.3 is 19.9 Å². The molecule has 1 saturated heterocycles. The number of anilines is 1. The zero-order chi connectivity index (χ0) is 24.1. The molecule has 6 nitrogen and oxygen atoms in total. The average Bonchev–Trinajstić information content (AvgIpc) is 3.24. The molecule has 3 unspecified atom stereocenters. The summed E-state index contributed by atoms with van der Waals surface area (Å²) in [5.74, 6) is -3.43. The van der Waals surface area contributed by atoms with Crippen LogP contribution in [-0.2, 0) is 0 Å². The van der Waals surface area contributed by atoms with Gasteiger partial charge in [-0.3, -0.25) is 4.79 Å². The Morgan fingerprint density at radius 1 is 1.09 bits per heavy atom. The van der Waals surface area contributed by atoms with E-state index >= 15 is 4.39 Å². The van der Waals surface area contributed by atoms with Crippen LogP contribution >= 0.6 is 0 Å². The summed E-state index contributed by atoms with van der Waals surface area (Å²) in [5, 5.41) is 12.6. The standard InChI is InChI=1S/C25H22F3N3O3/c1-29-20-4-2-3-13-10-30(11-16(13)20)23-9-22-15(8-19(23)28)24(32)17(25(33)34)12-31(22)21-6-5-14(26)7-18(21)27/h2-3,5-9,12-13,16,20,29H,4,10-11H2,1H3,(H,33,34). The van der Waals surface area contributed by atoms with E-state index in [4.69, 9.17) is 0 Å². The number of benzene rings is 2. The molecular weight excluding hydrogens is 447 g/mol. The van der Waals surface area contributed by atoms with E-state index < -0.39 is 34.4 Å². The Labute approximate surface area is 192 Å². The summed E-state index contributed by atoms with van der Waals surface area (Å²) >= 11 is 0. The number of pyridine rings is 1. The number of hydrogen-bond donors (Lipinski definition) is 2. The molecule has 0 bridgehead atoms. The van der Waals surface area contributed by atoms with Gasteiger partial charge in [0.15, 0.2) is 0 Å². The van der Waals surface area contributed by atoms with Crippen LogP contribution in [-0.4, -0.2) is 41.8 Å². The van der Waals surface area contributed by atoms with Crippen LogP contribution in [0.2, 0.25) is 0 Å². The number of halogens is 3. The number of fused-ring (bicyclic) bond motifs is 2. The summed E-state index contributed by atoms with van der Waals surface area (Å²) in [5.41, 5.74) is -1.30. The number of aromatic carboxylic acids is 1. The highest BCUT2D eigenvalue weighted by atomic mass is 19.1. The largest absolute Gasteiger partial charge is 0.477 e. The minimum atomic E-state index is -1.53. The summed E-state index contributed by atoms with van der Waals surface area (Å²) < 4.78 is 44.7. The van der Waals surface area contributed by atoms with E-state index in [-0.39, 0.29) is 40.2 Å². The minimum Gasteiger partial charge on any atom is -0.477 e. The zero-order valence-corrected chi connectivity index (χ0v) is 18.3. The maximum absolute atomic E-state index is 15.3. The second-order valence-electron chi connectivity index (χ2n) is 8.76. The first-order valence-electron chi connectivity index (χ1n) is 10.9. The third-order valence-electron chi connectivity index (χ3n) is 6.89. The van der Waals surface area contributed by atoms with Crippen molar-refractivity contribution in [3.8, 4) is 5.69 Å². The molecule has 0 saturated carbocycles. The molecule has 3 atom stereocenters. The van der Waals surface area contributed by atoms with Crippen molar-refractivity contribution < 1.29 is 23.1 Å². The fourth-order valence-corrected chi connectivity index (χ4v) is 5.19. The summed E-state index contributed by atoms with van der Waals surface area (Å²) in [6.45, 7) is 1.16. The van der Waals surface area contributed by atoms with Crippen molar-refractivity contribution in [1.29, 1.82) is 0 Å². The van der Waals surface area contributed by atoms with Crippen molar-refractivity contribution in [3.63, 3.8) is 0 Å². The van der Waals surface area contributed by atoms with Crippen LogP contribution in [0.3, 0.4) is 0 Å². The highest BCUT2D eigenvalue weighted by molar-refractivity contribution is 5.94. The maximum Gasteiger partial charge on any atom is 0.341 e. The van der Waals surface area contributed by atoms with Gasteiger partial charge in [-0.2, -0.15) is 0 Å². The monoisotopic (exact) mass is 469 g/mol. The second kappa shape index (κ2) is 8.32. The average molecular weight is 469 g/mol. The number of carboxylic acids is 1. The highest BCUT2D eigenvalue weighted by Gasteiger charge is 2.38. The van der Waals surface area contributed by atoms with Gasteiger partial charge in [0.2, 0.25) is 5.43 Å². The van der Waals surface area contributed by atoms with E-state index in [0.717, 1.165) is 35.4 Å². The molecule has 1 fully saturated rings. The fraction of sp³-hybridized carbons (Fsp3) is 0.280.